The molecule has 0 radical (unpaired) electrons. The molecule has 1 amide bonds. The third-order valence-corrected chi connectivity index (χ3v) is 4.50. The van der Waals surface area contributed by atoms with Crippen LogP contribution >= 0.6 is 11.6 Å². The Bertz CT molecular complexity index is 1240. The molecule has 2 N–H and O–H groups in total. The predicted octanol–water partition coefficient (Wildman–Crippen LogP) is 5.15. The average Bonchev–Trinajstić information content (AvgIpc) is 3.26. The molecule has 33 heavy (non-hydrogen) atoms. The zero-order valence-electron chi connectivity index (χ0n) is 17.5. The number of carboxylic acids is 1. The number of halogens is 1. The summed E-state index contributed by atoms with van der Waals surface area (Å²) >= 11 is 5.92. The molecule has 0 fully saturated rings. The second-order valence-corrected chi connectivity index (χ2v) is 7.07. The number of furan rings is 1. The lowest BCUT2D eigenvalue weighted by atomic mass is 10.1. The molecule has 0 spiro atoms. The molecule has 0 bridgehead atoms. The molecular weight excluding hydrogens is 448 g/mol. The van der Waals surface area contributed by atoms with Crippen molar-refractivity contribution in [3.63, 3.8) is 0 Å². The van der Waals surface area contributed by atoms with Gasteiger partial charge in [0.1, 0.15) is 24.0 Å². The maximum absolute atomic E-state index is 12.5. The van der Waals surface area contributed by atoms with Crippen LogP contribution in [0.1, 0.15) is 28.8 Å². The number of rotatable bonds is 9. The lowest BCUT2D eigenvalue weighted by molar-refractivity contribution is -0.112. The number of hydrogen-bond acceptors (Lipinski definition) is 6. The first-order valence-corrected chi connectivity index (χ1v) is 10.2. The standard InChI is InChI=1S/C24H19ClN2O6/c1-2-31-22-11-15(6-8-20(22)32-14-19-7-9-21(33-19)24(29)30)10-16(13-26)23(28)27-18-5-3-4-17(25)12-18/h3-12H,2,14H2,1H3,(H,27,28)(H,29,30). The van der Waals surface area contributed by atoms with Gasteiger partial charge in [-0.3, -0.25) is 4.79 Å². The molecule has 0 aliphatic heterocycles. The van der Waals surface area contributed by atoms with Crippen molar-refractivity contribution in [2.75, 3.05) is 11.9 Å². The zero-order valence-corrected chi connectivity index (χ0v) is 18.3. The molecular formula is C24H19ClN2O6. The normalized spacial score (nSPS) is 10.9. The Labute approximate surface area is 194 Å². The first-order chi connectivity index (χ1) is 15.9. The first kappa shape index (κ1) is 23.4. The second kappa shape index (κ2) is 10.9. The second-order valence-electron chi connectivity index (χ2n) is 6.63. The number of hydrogen-bond donors (Lipinski definition) is 2. The highest BCUT2D eigenvalue weighted by Gasteiger charge is 2.13. The van der Waals surface area contributed by atoms with Crippen LogP contribution in [0, 0.1) is 11.3 Å². The molecule has 9 heteroatoms. The van der Waals surface area contributed by atoms with Crippen molar-refractivity contribution in [3.05, 3.63) is 82.3 Å². The highest BCUT2D eigenvalue weighted by Crippen LogP contribution is 2.30. The van der Waals surface area contributed by atoms with Gasteiger partial charge in [0.25, 0.3) is 5.91 Å². The molecule has 0 atom stereocenters. The van der Waals surface area contributed by atoms with Gasteiger partial charge in [0.05, 0.1) is 6.61 Å². The number of nitrogens with zero attached hydrogens (tertiary/aromatic N) is 1. The van der Waals surface area contributed by atoms with E-state index in [1.807, 2.05) is 6.07 Å². The summed E-state index contributed by atoms with van der Waals surface area (Å²) in [6.45, 7) is 2.15. The molecule has 3 rings (SSSR count). The highest BCUT2D eigenvalue weighted by atomic mass is 35.5. The van der Waals surface area contributed by atoms with Crippen molar-refractivity contribution in [3.8, 4) is 17.6 Å². The van der Waals surface area contributed by atoms with E-state index in [-0.39, 0.29) is 17.9 Å². The number of amides is 1. The summed E-state index contributed by atoms with van der Waals surface area (Å²) in [7, 11) is 0. The van der Waals surface area contributed by atoms with Crippen LogP contribution in [0.4, 0.5) is 5.69 Å². The van der Waals surface area contributed by atoms with Gasteiger partial charge < -0.3 is 24.3 Å². The maximum Gasteiger partial charge on any atom is 0.371 e. The van der Waals surface area contributed by atoms with Crippen LogP contribution in [0.15, 0.2) is 64.6 Å². The van der Waals surface area contributed by atoms with Crippen LogP contribution in [0.3, 0.4) is 0 Å². The van der Waals surface area contributed by atoms with E-state index in [4.69, 9.17) is 30.6 Å². The van der Waals surface area contributed by atoms with Crippen molar-refractivity contribution in [1.82, 2.24) is 0 Å². The van der Waals surface area contributed by atoms with E-state index >= 15 is 0 Å². The average molecular weight is 467 g/mol. The van der Waals surface area contributed by atoms with Crippen LogP contribution in [-0.4, -0.2) is 23.6 Å². The van der Waals surface area contributed by atoms with E-state index in [0.29, 0.717) is 40.1 Å². The molecule has 1 aromatic heterocycles. The molecule has 0 aliphatic carbocycles. The molecule has 168 valence electrons. The number of carboxylic acid groups (broad SMARTS) is 1. The molecule has 1 heterocycles. The van der Waals surface area contributed by atoms with Crippen LogP contribution in [-0.2, 0) is 11.4 Å². The van der Waals surface area contributed by atoms with Gasteiger partial charge in [-0.15, -0.1) is 0 Å². The fraction of sp³-hybridized carbons (Fsp3) is 0.125. The number of nitriles is 1. The van der Waals surface area contributed by atoms with E-state index in [2.05, 4.69) is 5.32 Å². The van der Waals surface area contributed by atoms with E-state index in [0.717, 1.165) is 0 Å². The maximum atomic E-state index is 12.5. The monoisotopic (exact) mass is 466 g/mol. The van der Waals surface area contributed by atoms with Gasteiger partial charge >= 0.3 is 5.97 Å². The fourth-order valence-electron chi connectivity index (χ4n) is 2.80. The summed E-state index contributed by atoms with van der Waals surface area (Å²) in [6.07, 6.45) is 1.43. The Morgan fingerprint density at radius 3 is 2.64 bits per heavy atom. The molecule has 0 aliphatic rings. The Balaban J connectivity index is 1.77. The molecule has 0 saturated heterocycles. The van der Waals surface area contributed by atoms with Crippen LogP contribution in [0.2, 0.25) is 5.02 Å². The Hall–Kier alpha value is -4.22. The van der Waals surface area contributed by atoms with Gasteiger partial charge in [0.2, 0.25) is 5.76 Å². The summed E-state index contributed by atoms with van der Waals surface area (Å²) in [5.41, 5.74) is 0.911. The minimum absolute atomic E-state index is 0.00593. The van der Waals surface area contributed by atoms with Gasteiger partial charge in [-0.05, 0) is 61.0 Å². The first-order valence-electron chi connectivity index (χ1n) is 9.80. The third kappa shape index (κ3) is 6.38. The molecule has 3 aromatic rings. The summed E-state index contributed by atoms with van der Waals surface area (Å²) in [5, 5.41) is 21.5. The van der Waals surface area contributed by atoms with Crippen molar-refractivity contribution in [2.45, 2.75) is 13.5 Å². The zero-order chi connectivity index (χ0) is 23.8. The van der Waals surface area contributed by atoms with E-state index in [9.17, 15) is 14.9 Å². The Morgan fingerprint density at radius 2 is 1.97 bits per heavy atom. The minimum Gasteiger partial charge on any atom is -0.490 e. The number of anilines is 1. The molecule has 2 aromatic carbocycles. The largest absolute Gasteiger partial charge is 0.490 e. The van der Waals surface area contributed by atoms with Gasteiger partial charge in [0.15, 0.2) is 11.5 Å². The lowest BCUT2D eigenvalue weighted by Gasteiger charge is -2.12. The van der Waals surface area contributed by atoms with Crippen LogP contribution in [0.5, 0.6) is 11.5 Å². The molecule has 0 unspecified atom stereocenters. The van der Waals surface area contributed by atoms with E-state index < -0.39 is 11.9 Å². The van der Waals surface area contributed by atoms with Crippen molar-refractivity contribution < 1.29 is 28.6 Å². The number of carbonyl (C=O) groups is 2. The van der Waals surface area contributed by atoms with Crippen LogP contribution in [0.25, 0.3) is 6.08 Å². The van der Waals surface area contributed by atoms with Crippen molar-refractivity contribution >= 4 is 35.2 Å². The van der Waals surface area contributed by atoms with Gasteiger partial charge in [-0.1, -0.05) is 23.7 Å². The van der Waals surface area contributed by atoms with Crippen LogP contribution < -0.4 is 14.8 Å². The third-order valence-electron chi connectivity index (χ3n) is 4.27. The summed E-state index contributed by atoms with van der Waals surface area (Å²) < 4.78 is 16.5. The minimum atomic E-state index is -1.17. The predicted molar refractivity (Wildman–Crippen MR) is 121 cm³/mol. The fourth-order valence-corrected chi connectivity index (χ4v) is 2.99. The summed E-state index contributed by atoms with van der Waals surface area (Å²) in [5.74, 6) is -0.805. The summed E-state index contributed by atoms with van der Waals surface area (Å²) in [6, 6.07) is 16.3. The Kier molecular flexibility index (Phi) is 7.73. The summed E-state index contributed by atoms with van der Waals surface area (Å²) in [4.78, 5) is 23.4. The number of benzene rings is 2. The van der Waals surface area contributed by atoms with Crippen molar-refractivity contribution in [1.29, 1.82) is 5.26 Å². The van der Waals surface area contributed by atoms with Gasteiger partial charge in [-0.2, -0.15) is 5.26 Å². The lowest BCUT2D eigenvalue weighted by Crippen LogP contribution is -2.13. The van der Waals surface area contributed by atoms with Gasteiger partial charge in [-0.25, -0.2) is 4.79 Å². The number of ether oxygens (including phenoxy) is 2. The van der Waals surface area contributed by atoms with E-state index in [1.165, 1.54) is 18.2 Å². The number of aromatic carboxylic acids is 1. The molecule has 8 nitrogen and oxygen atoms in total. The SMILES string of the molecule is CCOc1cc(C=C(C#N)C(=O)Nc2cccc(Cl)c2)ccc1OCc1ccc(C(=O)O)o1. The van der Waals surface area contributed by atoms with Crippen molar-refractivity contribution in [2.24, 2.45) is 0 Å². The Morgan fingerprint density at radius 1 is 1.15 bits per heavy atom. The number of nitrogens with one attached hydrogen (secondary N) is 1. The molecule has 0 saturated carbocycles. The quantitative estimate of drug-likeness (QED) is 0.330. The van der Waals surface area contributed by atoms with E-state index in [1.54, 1.807) is 49.4 Å². The highest BCUT2D eigenvalue weighted by molar-refractivity contribution is 6.31. The topological polar surface area (TPSA) is 122 Å². The number of carbonyl (C=O) groups excluding carboxylic acids is 1. The van der Waals surface area contributed by atoms with Gasteiger partial charge in [0, 0.05) is 10.7 Å². The smallest absolute Gasteiger partial charge is 0.371 e.